The molecular weight excluding hydrogens is 252 g/mol. The number of likely N-dealkylation sites (N-methyl/N-ethyl adjacent to an activating group) is 1. The predicted octanol–water partition coefficient (Wildman–Crippen LogP) is 2.37. The van der Waals surface area contributed by atoms with E-state index in [-0.39, 0.29) is 0 Å². The smallest absolute Gasteiger partial charge is 0.324 e. The Morgan fingerprint density at radius 2 is 1.95 bits per heavy atom. The van der Waals surface area contributed by atoms with Gasteiger partial charge < -0.3 is 9.64 Å². The van der Waals surface area contributed by atoms with E-state index in [0.29, 0.717) is 6.54 Å². The number of fused-ring (bicyclic) bond motifs is 1. The van der Waals surface area contributed by atoms with Crippen LogP contribution in [0.5, 0.6) is 5.75 Å². The van der Waals surface area contributed by atoms with Crippen LogP contribution >= 0.6 is 0 Å². The van der Waals surface area contributed by atoms with E-state index in [4.69, 9.17) is 10.00 Å². The standard InChI is InChI=1S/C16H16N2O2/c1-18(16(19)11-17)8-7-12-3-4-14-10-15(20-2)6-5-13(14)9-12/h3-6,9-10H,7-8H2,1-2H3. The lowest BCUT2D eigenvalue weighted by Crippen LogP contribution is -2.27. The van der Waals surface area contributed by atoms with Crippen molar-refractivity contribution in [2.24, 2.45) is 0 Å². The minimum atomic E-state index is -0.504. The highest BCUT2D eigenvalue weighted by Gasteiger charge is 2.07. The second-order valence-corrected chi connectivity index (χ2v) is 4.64. The molecule has 20 heavy (non-hydrogen) atoms. The third-order valence-corrected chi connectivity index (χ3v) is 3.29. The molecule has 0 saturated heterocycles. The highest BCUT2D eigenvalue weighted by molar-refractivity contribution is 5.91. The predicted molar refractivity (Wildman–Crippen MR) is 77.5 cm³/mol. The van der Waals surface area contributed by atoms with E-state index in [1.807, 2.05) is 30.3 Å². The summed E-state index contributed by atoms with van der Waals surface area (Å²) >= 11 is 0. The number of methoxy groups -OCH3 is 1. The molecular formula is C16H16N2O2. The molecule has 0 aromatic heterocycles. The van der Waals surface area contributed by atoms with E-state index in [1.54, 1.807) is 20.2 Å². The first-order chi connectivity index (χ1) is 9.63. The molecule has 0 saturated carbocycles. The number of carbonyl (C=O) groups excluding carboxylic acids is 1. The molecule has 2 aromatic rings. The first-order valence-electron chi connectivity index (χ1n) is 6.36. The number of ether oxygens (including phenoxy) is 1. The van der Waals surface area contributed by atoms with E-state index >= 15 is 0 Å². The van der Waals surface area contributed by atoms with Crippen LogP contribution in [0.15, 0.2) is 36.4 Å². The lowest BCUT2D eigenvalue weighted by atomic mass is 10.0. The molecule has 4 nitrogen and oxygen atoms in total. The third kappa shape index (κ3) is 3.07. The zero-order valence-corrected chi connectivity index (χ0v) is 11.6. The average Bonchev–Trinajstić information content (AvgIpc) is 2.50. The van der Waals surface area contributed by atoms with E-state index in [1.165, 1.54) is 4.90 Å². The quantitative estimate of drug-likeness (QED) is 0.800. The molecule has 0 fully saturated rings. The van der Waals surface area contributed by atoms with Gasteiger partial charge in [-0.15, -0.1) is 0 Å². The fourth-order valence-corrected chi connectivity index (χ4v) is 2.04. The molecule has 0 radical (unpaired) electrons. The van der Waals surface area contributed by atoms with Gasteiger partial charge in [0, 0.05) is 13.6 Å². The number of hydrogen-bond donors (Lipinski definition) is 0. The minimum absolute atomic E-state index is 0.504. The molecule has 0 unspecified atom stereocenters. The summed E-state index contributed by atoms with van der Waals surface area (Å²) in [6.07, 6.45) is 0.728. The highest BCUT2D eigenvalue weighted by atomic mass is 16.5. The Hall–Kier alpha value is -2.54. The highest BCUT2D eigenvalue weighted by Crippen LogP contribution is 2.22. The summed E-state index contributed by atoms with van der Waals surface area (Å²) in [6, 6.07) is 13.7. The molecule has 2 rings (SSSR count). The van der Waals surface area contributed by atoms with Gasteiger partial charge in [0.15, 0.2) is 6.07 Å². The second kappa shape index (κ2) is 6.07. The molecule has 0 atom stereocenters. The molecule has 102 valence electrons. The number of hydrogen-bond acceptors (Lipinski definition) is 3. The van der Waals surface area contributed by atoms with Crippen molar-refractivity contribution in [1.29, 1.82) is 5.26 Å². The second-order valence-electron chi connectivity index (χ2n) is 4.64. The van der Waals surface area contributed by atoms with Crippen molar-refractivity contribution in [3.8, 4) is 11.8 Å². The molecule has 0 N–H and O–H groups in total. The lowest BCUT2D eigenvalue weighted by molar-refractivity contribution is -0.124. The normalized spacial score (nSPS) is 10.1. The maximum absolute atomic E-state index is 11.2. The van der Waals surface area contributed by atoms with Crippen molar-refractivity contribution < 1.29 is 9.53 Å². The van der Waals surface area contributed by atoms with Crippen LogP contribution in [0.25, 0.3) is 10.8 Å². The van der Waals surface area contributed by atoms with Crippen molar-refractivity contribution in [2.75, 3.05) is 20.7 Å². The van der Waals surface area contributed by atoms with Crippen LogP contribution in [0.2, 0.25) is 0 Å². The zero-order valence-electron chi connectivity index (χ0n) is 11.6. The maximum atomic E-state index is 11.2. The Kier molecular flexibility index (Phi) is 4.21. The molecule has 4 heteroatoms. The number of benzene rings is 2. The van der Waals surface area contributed by atoms with Gasteiger partial charge in [-0.1, -0.05) is 24.3 Å². The number of rotatable bonds is 4. The molecule has 0 bridgehead atoms. The van der Waals surface area contributed by atoms with Gasteiger partial charge in [0.05, 0.1) is 7.11 Å². The van der Waals surface area contributed by atoms with E-state index in [9.17, 15) is 4.79 Å². The fraction of sp³-hybridized carbons (Fsp3) is 0.250. The van der Waals surface area contributed by atoms with Crippen molar-refractivity contribution in [3.63, 3.8) is 0 Å². The van der Waals surface area contributed by atoms with Gasteiger partial charge in [-0.3, -0.25) is 4.79 Å². The fourth-order valence-electron chi connectivity index (χ4n) is 2.04. The first kappa shape index (κ1) is 13.9. The third-order valence-electron chi connectivity index (χ3n) is 3.29. The number of nitriles is 1. The first-order valence-corrected chi connectivity index (χ1v) is 6.36. The van der Waals surface area contributed by atoms with Crippen LogP contribution in [0.4, 0.5) is 0 Å². The van der Waals surface area contributed by atoms with Crippen LogP contribution in [-0.4, -0.2) is 31.5 Å². The van der Waals surface area contributed by atoms with E-state index < -0.39 is 5.91 Å². The molecule has 0 aliphatic rings. The van der Waals surface area contributed by atoms with Gasteiger partial charge in [-0.2, -0.15) is 5.26 Å². The summed E-state index contributed by atoms with van der Waals surface area (Å²) in [5.41, 5.74) is 1.14. The summed E-state index contributed by atoms with van der Waals surface area (Å²) < 4.78 is 5.20. The molecule has 2 aromatic carbocycles. The van der Waals surface area contributed by atoms with Crippen LogP contribution in [-0.2, 0) is 11.2 Å². The van der Waals surface area contributed by atoms with Crippen molar-refractivity contribution in [2.45, 2.75) is 6.42 Å². The molecule has 0 aliphatic heterocycles. The number of nitrogens with zero attached hydrogens (tertiary/aromatic N) is 2. The number of amides is 1. The van der Waals surface area contributed by atoms with Gasteiger partial charge in [-0.05, 0) is 34.9 Å². The number of carbonyl (C=O) groups is 1. The van der Waals surface area contributed by atoms with Crippen LogP contribution in [0.1, 0.15) is 5.56 Å². The topological polar surface area (TPSA) is 53.3 Å². The van der Waals surface area contributed by atoms with E-state index in [0.717, 1.165) is 28.5 Å². The molecule has 0 aliphatic carbocycles. The Labute approximate surface area is 118 Å². The zero-order chi connectivity index (χ0) is 14.5. The Bertz CT molecular complexity index is 674. The maximum Gasteiger partial charge on any atom is 0.324 e. The Morgan fingerprint density at radius 1 is 1.25 bits per heavy atom. The summed E-state index contributed by atoms with van der Waals surface area (Å²) in [4.78, 5) is 12.6. The van der Waals surface area contributed by atoms with Gasteiger partial charge in [0.2, 0.25) is 0 Å². The summed E-state index contributed by atoms with van der Waals surface area (Å²) in [5, 5.41) is 10.8. The minimum Gasteiger partial charge on any atom is -0.497 e. The average molecular weight is 268 g/mol. The Balaban J connectivity index is 2.12. The molecule has 0 heterocycles. The SMILES string of the molecule is COc1ccc2cc(CCN(C)C(=O)C#N)ccc2c1. The van der Waals surface area contributed by atoms with Crippen LogP contribution in [0, 0.1) is 11.3 Å². The summed E-state index contributed by atoms with van der Waals surface area (Å²) in [5.74, 6) is 0.333. The van der Waals surface area contributed by atoms with Gasteiger partial charge >= 0.3 is 5.91 Å². The Morgan fingerprint density at radius 3 is 2.65 bits per heavy atom. The summed E-state index contributed by atoms with van der Waals surface area (Å²) in [7, 11) is 3.29. The molecule has 1 amide bonds. The van der Waals surface area contributed by atoms with E-state index in [2.05, 4.69) is 6.07 Å². The van der Waals surface area contributed by atoms with Gasteiger partial charge in [-0.25, -0.2) is 0 Å². The molecule has 0 spiro atoms. The van der Waals surface area contributed by atoms with Crippen molar-refractivity contribution in [3.05, 3.63) is 42.0 Å². The lowest BCUT2D eigenvalue weighted by Gasteiger charge is -2.13. The monoisotopic (exact) mass is 268 g/mol. The van der Waals surface area contributed by atoms with Crippen molar-refractivity contribution >= 4 is 16.7 Å². The summed E-state index contributed by atoms with van der Waals surface area (Å²) in [6.45, 7) is 0.536. The van der Waals surface area contributed by atoms with Crippen LogP contribution in [0.3, 0.4) is 0 Å². The van der Waals surface area contributed by atoms with Gasteiger partial charge in [0.1, 0.15) is 5.75 Å². The van der Waals surface area contributed by atoms with Crippen molar-refractivity contribution in [1.82, 2.24) is 4.90 Å². The largest absolute Gasteiger partial charge is 0.497 e. The van der Waals surface area contributed by atoms with Gasteiger partial charge in [0.25, 0.3) is 0 Å². The van der Waals surface area contributed by atoms with Crippen LogP contribution < -0.4 is 4.74 Å².